The van der Waals surface area contributed by atoms with Crippen LogP contribution >= 0.6 is 0 Å². The van der Waals surface area contributed by atoms with Crippen LogP contribution in [0.25, 0.3) is 0 Å². The number of nitrogens with two attached hydrogens (primary N) is 1. The molecule has 0 heterocycles. The summed E-state index contributed by atoms with van der Waals surface area (Å²) < 4.78 is 5.80. The van der Waals surface area contributed by atoms with Crippen LogP contribution < -0.4 is 5.73 Å². The van der Waals surface area contributed by atoms with Crippen LogP contribution in [-0.4, -0.2) is 18.8 Å². The molecule has 0 aliphatic heterocycles. The molecule has 1 unspecified atom stereocenters. The van der Waals surface area contributed by atoms with Gasteiger partial charge in [0.25, 0.3) is 0 Å². The van der Waals surface area contributed by atoms with Crippen molar-refractivity contribution in [1.29, 1.82) is 0 Å². The van der Waals surface area contributed by atoms with Crippen LogP contribution in [0.4, 0.5) is 0 Å². The molecule has 1 aliphatic carbocycles. The molecule has 1 aromatic rings. The molecule has 1 atom stereocenters. The third kappa shape index (κ3) is 3.83. The van der Waals surface area contributed by atoms with E-state index in [1.54, 1.807) is 0 Å². The lowest BCUT2D eigenvalue weighted by Crippen LogP contribution is -2.28. The van der Waals surface area contributed by atoms with Gasteiger partial charge < -0.3 is 10.5 Å². The first kappa shape index (κ1) is 12.6. The predicted octanol–water partition coefficient (Wildman–Crippen LogP) is 3.08. The van der Waals surface area contributed by atoms with E-state index in [4.69, 9.17) is 10.5 Å². The molecule has 0 aromatic heterocycles. The first-order valence-corrected chi connectivity index (χ1v) is 6.68. The molecule has 94 valence electrons. The van der Waals surface area contributed by atoms with E-state index in [0.29, 0.717) is 12.7 Å². The summed E-state index contributed by atoms with van der Waals surface area (Å²) >= 11 is 0. The average Bonchev–Trinajstić information content (AvgIpc) is 2.38. The molecule has 1 saturated carbocycles. The molecule has 2 rings (SSSR count). The van der Waals surface area contributed by atoms with Gasteiger partial charge in [-0.05, 0) is 44.1 Å². The Bertz CT molecular complexity index is 315. The fraction of sp³-hybridized carbons (Fsp3) is 0.600. The van der Waals surface area contributed by atoms with Crippen molar-refractivity contribution >= 4 is 0 Å². The van der Waals surface area contributed by atoms with Crippen molar-refractivity contribution in [2.45, 2.75) is 50.7 Å². The third-order valence-electron chi connectivity index (χ3n) is 3.54. The molecule has 0 bridgehead atoms. The Balaban J connectivity index is 1.78. The van der Waals surface area contributed by atoms with Crippen LogP contribution in [0.3, 0.4) is 0 Å². The highest BCUT2D eigenvalue weighted by Gasteiger charge is 2.22. The second-order valence-corrected chi connectivity index (χ2v) is 5.19. The molecule has 17 heavy (non-hydrogen) atoms. The van der Waals surface area contributed by atoms with E-state index in [2.05, 4.69) is 30.3 Å². The molecule has 2 N–H and O–H groups in total. The molecule has 2 nitrogen and oxygen atoms in total. The Morgan fingerprint density at radius 1 is 1.18 bits per heavy atom. The van der Waals surface area contributed by atoms with Crippen LogP contribution in [0.15, 0.2) is 30.3 Å². The zero-order chi connectivity index (χ0) is 12.1. The first-order valence-electron chi connectivity index (χ1n) is 6.68. The van der Waals surface area contributed by atoms with E-state index in [1.165, 1.54) is 31.2 Å². The number of benzene rings is 1. The van der Waals surface area contributed by atoms with Crippen molar-refractivity contribution in [3.8, 4) is 0 Å². The van der Waals surface area contributed by atoms with Gasteiger partial charge in [-0.15, -0.1) is 0 Å². The predicted molar refractivity (Wildman–Crippen MR) is 71.0 cm³/mol. The summed E-state index contributed by atoms with van der Waals surface area (Å²) in [6.45, 7) is 2.69. The Morgan fingerprint density at radius 3 is 2.41 bits per heavy atom. The van der Waals surface area contributed by atoms with Crippen LogP contribution in [0.1, 0.15) is 44.1 Å². The smallest absolute Gasteiger partial charge is 0.0618 e. The molecule has 0 radical (unpaired) electrons. The molecular formula is C15H23NO. The quantitative estimate of drug-likeness (QED) is 0.867. The van der Waals surface area contributed by atoms with Gasteiger partial charge in [0.1, 0.15) is 0 Å². The van der Waals surface area contributed by atoms with E-state index in [9.17, 15) is 0 Å². The Kier molecular flexibility index (Phi) is 4.57. The second-order valence-electron chi connectivity index (χ2n) is 5.19. The SMILES string of the molecule is CC(N)COC1CCC(c2ccccc2)CC1. The van der Waals surface area contributed by atoms with Crippen molar-refractivity contribution in [2.75, 3.05) is 6.61 Å². The van der Waals surface area contributed by atoms with Gasteiger partial charge in [-0.2, -0.15) is 0 Å². The zero-order valence-electron chi connectivity index (χ0n) is 10.6. The van der Waals surface area contributed by atoms with E-state index < -0.39 is 0 Å². The van der Waals surface area contributed by atoms with Crippen molar-refractivity contribution in [3.63, 3.8) is 0 Å². The van der Waals surface area contributed by atoms with Gasteiger partial charge in [-0.3, -0.25) is 0 Å². The normalized spacial score (nSPS) is 26.7. The summed E-state index contributed by atoms with van der Waals surface area (Å²) in [4.78, 5) is 0. The maximum Gasteiger partial charge on any atom is 0.0618 e. The Hall–Kier alpha value is -0.860. The topological polar surface area (TPSA) is 35.2 Å². The molecule has 1 aliphatic rings. The maximum atomic E-state index is 5.80. The standard InChI is InChI=1S/C15H23NO/c1-12(16)11-17-15-9-7-14(8-10-15)13-5-3-2-4-6-13/h2-6,12,14-15H,7-11,16H2,1H3. The lowest BCUT2D eigenvalue weighted by atomic mass is 9.83. The number of rotatable bonds is 4. The molecule has 0 amide bonds. The maximum absolute atomic E-state index is 5.80. The van der Waals surface area contributed by atoms with Gasteiger partial charge in [0.2, 0.25) is 0 Å². The highest BCUT2D eigenvalue weighted by atomic mass is 16.5. The Labute approximate surface area is 104 Å². The summed E-state index contributed by atoms with van der Waals surface area (Å²) in [5.74, 6) is 0.728. The summed E-state index contributed by atoms with van der Waals surface area (Å²) in [5.41, 5.74) is 7.19. The molecule has 1 aromatic carbocycles. The van der Waals surface area contributed by atoms with Gasteiger partial charge in [0.15, 0.2) is 0 Å². The fourth-order valence-corrected chi connectivity index (χ4v) is 2.58. The fourth-order valence-electron chi connectivity index (χ4n) is 2.58. The van der Waals surface area contributed by atoms with Crippen molar-refractivity contribution in [1.82, 2.24) is 0 Å². The minimum absolute atomic E-state index is 0.154. The highest BCUT2D eigenvalue weighted by molar-refractivity contribution is 5.19. The van der Waals surface area contributed by atoms with Crippen LogP contribution in [0.2, 0.25) is 0 Å². The van der Waals surface area contributed by atoms with E-state index >= 15 is 0 Å². The minimum atomic E-state index is 0.154. The minimum Gasteiger partial charge on any atom is -0.377 e. The summed E-state index contributed by atoms with van der Waals surface area (Å²) in [7, 11) is 0. The molecule has 2 heteroatoms. The molecule has 0 spiro atoms. The van der Waals surface area contributed by atoms with Gasteiger partial charge in [-0.25, -0.2) is 0 Å². The highest BCUT2D eigenvalue weighted by Crippen LogP contribution is 2.33. The van der Waals surface area contributed by atoms with Crippen molar-refractivity contribution in [2.24, 2.45) is 5.73 Å². The second kappa shape index (κ2) is 6.18. The summed E-state index contributed by atoms with van der Waals surface area (Å²) in [6.07, 6.45) is 5.26. The monoisotopic (exact) mass is 233 g/mol. The summed E-state index contributed by atoms with van der Waals surface area (Å²) in [6, 6.07) is 11.0. The van der Waals surface area contributed by atoms with E-state index in [1.807, 2.05) is 6.92 Å². The average molecular weight is 233 g/mol. The van der Waals surface area contributed by atoms with Crippen molar-refractivity contribution < 1.29 is 4.74 Å². The van der Waals surface area contributed by atoms with Crippen LogP contribution in [0.5, 0.6) is 0 Å². The van der Waals surface area contributed by atoms with Gasteiger partial charge in [-0.1, -0.05) is 30.3 Å². The van der Waals surface area contributed by atoms with Crippen LogP contribution in [0, 0.1) is 0 Å². The lowest BCUT2D eigenvalue weighted by Gasteiger charge is -2.29. The molecular weight excluding hydrogens is 210 g/mol. The van der Waals surface area contributed by atoms with Gasteiger partial charge in [0.05, 0.1) is 12.7 Å². The third-order valence-corrected chi connectivity index (χ3v) is 3.54. The van der Waals surface area contributed by atoms with E-state index in [-0.39, 0.29) is 6.04 Å². The molecule has 1 fully saturated rings. The first-order chi connectivity index (χ1) is 8.25. The number of ether oxygens (including phenoxy) is 1. The van der Waals surface area contributed by atoms with Crippen molar-refractivity contribution in [3.05, 3.63) is 35.9 Å². The number of hydrogen-bond acceptors (Lipinski definition) is 2. The Morgan fingerprint density at radius 2 is 1.82 bits per heavy atom. The number of hydrogen-bond donors (Lipinski definition) is 1. The lowest BCUT2D eigenvalue weighted by molar-refractivity contribution is 0.0193. The van der Waals surface area contributed by atoms with Gasteiger partial charge >= 0.3 is 0 Å². The van der Waals surface area contributed by atoms with Gasteiger partial charge in [0, 0.05) is 6.04 Å². The van der Waals surface area contributed by atoms with E-state index in [0.717, 1.165) is 5.92 Å². The summed E-state index contributed by atoms with van der Waals surface area (Å²) in [5, 5.41) is 0. The van der Waals surface area contributed by atoms with Crippen LogP contribution in [-0.2, 0) is 4.74 Å². The molecule has 0 saturated heterocycles. The zero-order valence-corrected chi connectivity index (χ0v) is 10.6. The largest absolute Gasteiger partial charge is 0.377 e.